The molecule has 0 spiro atoms. The molecule has 3 rings (SSSR count). The number of benzene rings is 1. The van der Waals surface area contributed by atoms with Crippen molar-refractivity contribution in [3.05, 3.63) is 35.9 Å². The van der Waals surface area contributed by atoms with E-state index in [-0.39, 0.29) is 48.8 Å². The van der Waals surface area contributed by atoms with Crippen LogP contribution in [0.5, 0.6) is 0 Å². The van der Waals surface area contributed by atoms with Gasteiger partial charge in [0.25, 0.3) is 0 Å². The minimum Gasteiger partial charge on any atom is -0.481 e. The molecule has 0 unspecified atom stereocenters. The molecule has 2 aliphatic rings. The van der Waals surface area contributed by atoms with E-state index in [4.69, 9.17) is 21.3 Å². The first-order valence-electron chi connectivity index (χ1n) is 11.4. The summed E-state index contributed by atoms with van der Waals surface area (Å²) in [5.74, 6) is -1.51. The van der Waals surface area contributed by atoms with Crippen molar-refractivity contribution in [2.24, 2.45) is 22.4 Å². The number of ether oxygens (including phenoxy) is 1. The first kappa shape index (κ1) is 24.5. The lowest BCUT2D eigenvalue weighted by Crippen LogP contribution is -2.56. The molecular formula is C23H33N5O5. The number of amides is 2. The van der Waals surface area contributed by atoms with Crippen LogP contribution in [0.4, 0.5) is 0 Å². The summed E-state index contributed by atoms with van der Waals surface area (Å²) in [6.45, 7) is 0.912. The summed E-state index contributed by atoms with van der Waals surface area (Å²) < 4.78 is 6.14. The number of carbonyl (C=O) groups is 3. The largest absolute Gasteiger partial charge is 0.481 e. The van der Waals surface area contributed by atoms with Crippen molar-refractivity contribution in [3.8, 4) is 0 Å². The highest BCUT2D eigenvalue weighted by Crippen LogP contribution is 2.38. The zero-order valence-electron chi connectivity index (χ0n) is 18.7. The SMILES string of the molecule is NC(N)=NCCC[C@H]1C[C@@H]2C[C@H](OCc3ccccc3)C[C@@H](C(=O)NCCC(=O)O)N2C1=O. The molecule has 1 aromatic rings. The van der Waals surface area contributed by atoms with Gasteiger partial charge in [-0.15, -0.1) is 0 Å². The second-order valence-corrected chi connectivity index (χ2v) is 8.62. The van der Waals surface area contributed by atoms with Crippen molar-refractivity contribution >= 4 is 23.7 Å². The van der Waals surface area contributed by atoms with Gasteiger partial charge in [0.2, 0.25) is 11.8 Å². The van der Waals surface area contributed by atoms with Crippen molar-refractivity contribution in [1.82, 2.24) is 10.2 Å². The van der Waals surface area contributed by atoms with Crippen LogP contribution < -0.4 is 16.8 Å². The number of carbonyl (C=O) groups excluding carboxylic acids is 2. The fraction of sp³-hybridized carbons (Fsp3) is 0.565. The Balaban J connectivity index is 1.66. The van der Waals surface area contributed by atoms with E-state index >= 15 is 0 Å². The van der Waals surface area contributed by atoms with Gasteiger partial charge in [0.1, 0.15) is 6.04 Å². The summed E-state index contributed by atoms with van der Waals surface area (Å²) >= 11 is 0. The highest BCUT2D eigenvalue weighted by atomic mass is 16.5. The molecule has 0 bridgehead atoms. The first-order chi connectivity index (χ1) is 15.8. The van der Waals surface area contributed by atoms with Gasteiger partial charge in [-0.3, -0.25) is 19.4 Å². The third-order valence-corrected chi connectivity index (χ3v) is 6.18. The van der Waals surface area contributed by atoms with Crippen LogP contribution >= 0.6 is 0 Å². The Hall–Kier alpha value is -3.14. The van der Waals surface area contributed by atoms with Crippen LogP contribution in [0.25, 0.3) is 0 Å². The molecule has 2 heterocycles. The Morgan fingerprint density at radius 2 is 1.94 bits per heavy atom. The number of guanidine groups is 1. The number of nitrogens with zero attached hydrogens (tertiary/aromatic N) is 2. The number of hydrogen-bond acceptors (Lipinski definition) is 5. The molecule has 180 valence electrons. The standard InChI is InChI=1S/C23H33N5O5/c24-23(25)27-9-4-7-16-11-17-12-18(33-14-15-5-2-1-3-6-15)13-19(28(17)22(16)32)21(31)26-10-8-20(29)30/h1-3,5-6,16-19H,4,7-14H2,(H,26,31)(H,29,30)(H4,24,25,27)/t16-,17+,18-,19-/m0/s1. The van der Waals surface area contributed by atoms with Crippen molar-refractivity contribution in [1.29, 1.82) is 0 Å². The van der Waals surface area contributed by atoms with Gasteiger partial charge in [0, 0.05) is 31.5 Å². The Labute approximate surface area is 193 Å². The van der Waals surface area contributed by atoms with Crippen molar-refractivity contribution in [3.63, 3.8) is 0 Å². The van der Waals surface area contributed by atoms with Crippen molar-refractivity contribution in [2.45, 2.75) is 63.3 Å². The van der Waals surface area contributed by atoms with Gasteiger partial charge in [0.15, 0.2) is 5.96 Å². The molecule has 10 nitrogen and oxygen atoms in total. The van der Waals surface area contributed by atoms with Gasteiger partial charge < -0.3 is 31.5 Å². The highest BCUT2D eigenvalue weighted by molar-refractivity contribution is 5.90. The topological polar surface area (TPSA) is 160 Å². The second kappa shape index (κ2) is 11.6. The minimum atomic E-state index is -0.987. The normalized spacial score (nSPS) is 24.2. The zero-order valence-corrected chi connectivity index (χ0v) is 18.7. The Morgan fingerprint density at radius 1 is 1.18 bits per heavy atom. The number of fused-ring (bicyclic) bond motifs is 1. The lowest BCUT2D eigenvalue weighted by atomic mass is 9.91. The maximum Gasteiger partial charge on any atom is 0.305 e. The predicted octanol–water partition coefficient (Wildman–Crippen LogP) is 0.596. The average molecular weight is 460 g/mol. The number of hydrogen-bond donors (Lipinski definition) is 4. The number of carboxylic acid groups (broad SMARTS) is 1. The summed E-state index contributed by atoms with van der Waals surface area (Å²) in [7, 11) is 0. The fourth-order valence-corrected chi connectivity index (χ4v) is 4.67. The summed E-state index contributed by atoms with van der Waals surface area (Å²) in [6.07, 6.45) is 2.69. The van der Waals surface area contributed by atoms with E-state index in [1.165, 1.54) is 0 Å². The van der Waals surface area contributed by atoms with Crippen LogP contribution in [0.3, 0.4) is 0 Å². The average Bonchev–Trinajstić information content (AvgIpc) is 3.10. The van der Waals surface area contributed by atoms with Crippen LogP contribution in [0.2, 0.25) is 0 Å². The minimum absolute atomic E-state index is 0.0227. The smallest absolute Gasteiger partial charge is 0.305 e. The van der Waals surface area contributed by atoms with Crippen LogP contribution in [0.15, 0.2) is 35.3 Å². The summed E-state index contributed by atoms with van der Waals surface area (Å²) in [4.78, 5) is 42.6. The summed E-state index contributed by atoms with van der Waals surface area (Å²) in [6, 6.07) is 9.04. The molecule has 10 heteroatoms. The molecule has 2 amide bonds. The van der Waals surface area contributed by atoms with E-state index in [0.29, 0.717) is 45.3 Å². The third-order valence-electron chi connectivity index (χ3n) is 6.18. The zero-order chi connectivity index (χ0) is 23.8. The Morgan fingerprint density at radius 3 is 2.64 bits per heavy atom. The molecule has 2 aliphatic heterocycles. The number of nitrogens with one attached hydrogen (secondary N) is 1. The quantitative estimate of drug-likeness (QED) is 0.214. The second-order valence-electron chi connectivity index (χ2n) is 8.62. The predicted molar refractivity (Wildman–Crippen MR) is 122 cm³/mol. The van der Waals surface area contributed by atoms with Crippen LogP contribution in [0.1, 0.15) is 44.1 Å². The van der Waals surface area contributed by atoms with E-state index < -0.39 is 12.0 Å². The maximum absolute atomic E-state index is 13.2. The Bertz CT molecular complexity index is 858. The Kier molecular flexibility index (Phi) is 8.65. The lowest BCUT2D eigenvalue weighted by molar-refractivity contribution is -0.147. The molecule has 2 saturated heterocycles. The molecular weight excluding hydrogens is 426 g/mol. The molecule has 0 saturated carbocycles. The van der Waals surface area contributed by atoms with Crippen molar-refractivity contribution < 1.29 is 24.2 Å². The molecule has 6 N–H and O–H groups in total. The molecule has 4 atom stereocenters. The van der Waals surface area contributed by atoms with E-state index in [1.807, 2.05) is 30.3 Å². The maximum atomic E-state index is 13.2. The van der Waals surface area contributed by atoms with E-state index in [1.54, 1.807) is 4.90 Å². The lowest BCUT2D eigenvalue weighted by Gasteiger charge is -2.40. The van der Waals surface area contributed by atoms with Gasteiger partial charge in [0.05, 0.1) is 19.1 Å². The van der Waals surface area contributed by atoms with Gasteiger partial charge in [-0.1, -0.05) is 30.3 Å². The van der Waals surface area contributed by atoms with Crippen LogP contribution in [0, 0.1) is 5.92 Å². The number of piperidine rings is 1. The monoisotopic (exact) mass is 459 g/mol. The molecule has 1 aromatic carbocycles. The van der Waals surface area contributed by atoms with E-state index in [0.717, 1.165) is 5.56 Å². The molecule has 2 fully saturated rings. The molecule has 0 aliphatic carbocycles. The van der Waals surface area contributed by atoms with Gasteiger partial charge in [-0.05, 0) is 31.2 Å². The van der Waals surface area contributed by atoms with Gasteiger partial charge in [-0.25, -0.2) is 0 Å². The summed E-state index contributed by atoms with van der Waals surface area (Å²) in [5.41, 5.74) is 11.8. The van der Waals surface area contributed by atoms with Gasteiger partial charge in [-0.2, -0.15) is 0 Å². The van der Waals surface area contributed by atoms with E-state index in [9.17, 15) is 14.4 Å². The molecule has 33 heavy (non-hydrogen) atoms. The molecule has 0 radical (unpaired) electrons. The summed E-state index contributed by atoms with van der Waals surface area (Å²) in [5, 5.41) is 11.5. The van der Waals surface area contributed by atoms with Gasteiger partial charge >= 0.3 is 5.97 Å². The fourth-order valence-electron chi connectivity index (χ4n) is 4.67. The third kappa shape index (κ3) is 6.92. The van der Waals surface area contributed by atoms with Crippen molar-refractivity contribution in [2.75, 3.05) is 13.1 Å². The van der Waals surface area contributed by atoms with Crippen LogP contribution in [-0.2, 0) is 25.7 Å². The number of aliphatic carboxylic acids is 1. The number of nitrogens with two attached hydrogens (primary N) is 2. The number of aliphatic imine (C=N–C) groups is 1. The highest BCUT2D eigenvalue weighted by Gasteiger charge is 2.49. The molecule has 0 aromatic heterocycles. The number of carboxylic acids is 1. The first-order valence-corrected chi connectivity index (χ1v) is 11.4. The number of rotatable bonds is 11. The van der Waals surface area contributed by atoms with E-state index in [2.05, 4.69) is 10.3 Å². The van der Waals surface area contributed by atoms with Crippen LogP contribution in [-0.4, -0.2) is 65.0 Å².